The Balaban J connectivity index is 1.66. The number of benzene rings is 1. The standard InChI is InChI=1S/C16H20N4O3S/c1-12-11-13(2)20(18-12)15-5-3-14(4-6-15)17-16(21)19-7-9-24(22,23)10-8-19/h3-6,11H,7-10H2,1-2H3,(H,17,21). The lowest BCUT2D eigenvalue weighted by Gasteiger charge is -2.26. The molecular formula is C16H20N4O3S. The van der Waals surface area contributed by atoms with Crippen molar-refractivity contribution in [3.8, 4) is 5.69 Å². The van der Waals surface area contributed by atoms with Crippen LogP contribution in [0.15, 0.2) is 30.3 Å². The zero-order valence-corrected chi connectivity index (χ0v) is 14.5. The summed E-state index contributed by atoms with van der Waals surface area (Å²) in [5, 5.41) is 7.22. The quantitative estimate of drug-likeness (QED) is 0.896. The maximum absolute atomic E-state index is 12.2. The molecule has 1 aromatic carbocycles. The number of aromatic nitrogens is 2. The maximum atomic E-state index is 12.2. The summed E-state index contributed by atoms with van der Waals surface area (Å²) in [6.45, 7) is 4.40. The molecule has 2 heterocycles. The van der Waals surface area contributed by atoms with E-state index < -0.39 is 9.84 Å². The Morgan fingerprint density at radius 1 is 1.12 bits per heavy atom. The average molecular weight is 348 g/mol. The number of rotatable bonds is 2. The smallest absolute Gasteiger partial charge is 0.321 e. The second-order valence-electron chi connectivity index (χ2n) is 5.95. The number of sulfone groups is 1. The molecule has 2 aromatic rings. The second kappa shape index (κ2) is 6.27. The number of carbonyl (C=O) groups is 1. The molecular weight excluding hydrogens is 328 g/mol. The fourth-order valence-corrected chi connectivity index (χ4v) is 3.90. The van der Waals surface area contributed by atoms with Gasteiger partial charge in [0, 0.05) is 24.5 Å². The summed E-state index contributed by atoms with van der Waals surface area (Å²) in [6, 6.07) is 9.11. The van der Waals surface area contributed by atoms with Gasteiger partial charge in [0.1, 0.15) is 0 Å². The van der Waals surface area contributed by atoms with Gasteiger partial charge >= 0.3 is 6.03 Å². The van der Waals surface area contributed by atoms with Crippen LogP contribution in [0.2, 0.25) is 0 Å². The van der Waals surface area contributed by atoms with Gasteiger partial charge in [0.15, 0.2) is 9.84 Å². The number of urea groups is 1. The zero-order valence-electron chi connectivity index (χ0n) is 13.7. The van der Waals surface area contributed by atoms with Crippen LogP contribution in [0.25, 0.3) is 5.69 Å². The summed E-state index contributed by atoms with van der Waals surface area (Å²) in [6.07, 6.45) is 0. The van der Waals surface area contributed by atoms with E-state index in [0.29, 0.717) is 5.69 Å². The van der Waals surface area contributed by atoms with E-state index in [4.69, 9.17) is 0 Å². The Morgan fingerprint density at radius 3 is 2.29 bits per heavy atom. The molecule has 0 saturated carbocycles. The topological polar surface area (TPSA) is 84.3 Å². The Bertz CT molecular complexity index is 842. The molecule has 0 atom stereocenters. The number of aryl methyl sites for hydroxylation is 2. The van der Waals surface area contributed by atoms with E-state index in [-0.39, 0.29) is 30.6 Å². The molecule has 1 aliphatic rings. The first-order valence-electron chi connectivity index (χ1n) is 7.74. The van der Waals surface area contributed by atoms with Crippen molar-refractivity contribution in [2.45, 2.75) is 13.8 Å². The highest BCUT2D eigenvalue weighted by Gasteiger charge is 2.24. The number of hydrogen-bond donors (Lipinski definition) is 1. The van der Waals surface area contributed by atoms with Crippen LogP contribution in [-0.2, 0) is 9.84 Å². The molecule has 3 rings (SSSR count). The lowest BCUT2D eigenvalue weighted by atomic mass is 10.2. The summed E-state index contributed by atoms with van der Waals surface area (Å²) in [4.78, 5) is 13.7. The molecule has 7 nitrogen and oxygen atoms in total. The van der Waals surface area contributed by atoms with Gasteiger partial charge in [0.2, 0.25) is 0 Å². The predicted molar refractivity (Wildman–Crippen MR) is 92.3 cm³/mol. The van der Waals surface area contributed by atoms with E-state index in [1.807, 2.05) is 48.9 Å². The molecule has 1 N–H and O–H groups in total. The number of nitrogens with one attached hydrogen (secondary N) is 1. The van der Waals surface area contributed by atoms with Crippen molar-refractivity contribution < 1.29 is 13.2 Å². The van der Waals surface area contributed by atoms with Crippen molar-refractivity contribution in [2.24, 2.45) is 0 Å². The molecule has 0 unspecified atom stereocenters. The van der Waals surface area contributed by atoms with Crippen LogP contribution < -0.4 is 5.32 Å². The lowest BCUT2D eigenvalue weighted by molar-refractivity contribution is 0.216. The van der Waals surface area contributed by atoms with Gasteiger partial charge in [-0.25, -0.2) is 17.9 Å². The third-order valence-corrected chi connectivity index (χ3v) is 5.61. The minimum absolute atomic E-state index is 0.0251. The molecule has 24 heavy (non-hydrogen) atoms. The van der Waals surface area contributed by atoms with E-state index in [2.05, 4.69) is 10.4 Å². The summed E-state index contributed by atoms with van der Waals surface area (Å²) in [5.41, 5.74) is 3.57. The maximum Gasteiger partial charge on any atom is 0.321 e. The normalized spacial score (nSPS) is 16.8. The van der Waals surface area contributed by atoms with Gasteiger partial charge in [-0.05, 0) is 44.2 Å². The van der Waals surface area contributed by atoms with Crippen LogP contribution in [0.3, 0.4) is 0 Å². The first-order chi connectivity index (χ1) is 11.3. The summed E-state index contributed by atoms with van der Waals surface area (Å²) in [5.74, 6) is 0.0502. The minimum atomic E-state index is -2.99. The van der Waals surface area contributed by atoms with Crippen LogP contribution in [-0.4, -0.2) is 53.7 Å². The van der Waals surface area contributed by atoms with Gasteiger partial charge in [-0.2, -0.15) is 5.10 Å². The van der Waals surface area contributed by atoms with E-state index in [1.165, 1.54) is 4.90 Å². The third kappa shape index (κ3) is 3.59. The average Bonchev–Trinajstić information content (AvgIpc) is 2.86. The van der Waals surface area contributed by atoms with Crippen LogP contribution >= 0.6 is 0 Å². The molecule has 1 aromatic heterocycles. The monoisotopic (exact) mass is 348 g/mol. The van der Waals surface area contributed by atoms with Crippen molar-refractivity contribution in [1.29, 1.82) is 0 Å². The first-order valence-corrected chi connectivity index (χ1v) is 9.56. The lowest BCUT2D eigenvalue weighted by Crippen LogP contribution is -2.45. The highest BCUT2D eigenvalue weighted by molar-refractivity contribution is 7.91. The van der Waals surface area contributed by atoms with Gasteiger partial charge in [-0.15, -0.1) is 0 Å². The molecule has 1 saturated heterocycles. The largest absolute Gasteiger partial charge is 0.322 e. The second-order valence-corrected chi connectivity index (χ2v) is 8.26. The van der Waals surface area contributed by atoms with Gasteiger partial charge < -0.3 is 10.2 Å². The molecule has 0 radical (unpaired) electrons. The molecule has 2 amide bonds. The van der Waals surface area contributed by atoms with Crippen molar-refractivity contribution in [3.63, 3.8) is 0 Å². The predicted octanol–water partition coefficient (Wildman–Crippen LogP) is 1.75. The molecule has 1 aliphatic heterocycles. The van der Waals surface area contributed by atoms with E-state index >= 15 is 0 Å². The van der Waals surface area contributed by atoms with Crippen LogP contribution in [0, 0.1) is 13.8 Å². The number of anilines is 1. The van der Waals surface area contributed by atoms with E-state index in [9.17, 15) is 13.2 Å². The van der Waals surface area contributed by atoms with Crippen LogP contribution in [0.1, 0.15) is 11.4 Å². The van der Waals surface area contributed by atoms with Gasteiger partial charge in [0.05, 0.1) is 22.9 Å². The van der Waals surface area contributed by atoms with Crippen molar-refractivity contribution >= 4 is 21.6 Å². The highest BCUT2D eigenvalue weighted by Crippen LogP contribution is 2.16. The zero-order chi connectivity index (χ0) is 17.3. The Labute approximate surface area is 141 Å². The van der Waals surface area contributed by atoms with Crippen molar-refractivity contribution in [2.75, 3.05) is 29.9 Å². The number of carbonyl (C=O) groups excluding carboxylic acids is 1. The highest BCUT2D eigenvalue weighted by atomic mass is 32.2. The number of amides is 2. The Hall–Kier alpha value is -2.35. The molecule has 128 valence electrons. The number of nitrogens with zero attached hydrogens (tertiary/aromatic N) is 3. The molecule has 0 aliphatic carbocycles. The Kier molecular flexibility index (Phi) is 4.31. The summed E-state index contributed by atoms with van der Waals surface area (Å²) < 4.78 is 24.7. The molecule has 8 heteroatoms. The van der Waals surface area contributed by atoms with Crippen molar-refractivity contribution in [3.05, 3.63) is 41.7 Å². The SMILES string of the molecule is Cc1cc(C)n(-c2ccc(NC(=O)N3CCS(=O)(=O)CC3)cc2)n1. The molecule has 0 bridgehead atoms. The molecule has 1 fully saturated rings. The van der Waals surface area contributed by atoms with Gasteiger partial charge in [-0.3, -0.25) is 0 Å². The van der Waals surface area contributed by atoms with Gasteiger partial charge in [-0.1, -0.05) is 0 Å². The Morgan fingerprint density at radius 2 is 1.75 bits per heavy atom. The fourth-order valence-electron chi connectivity index (χ4n) is 2.69. The van der Waals surface area contributed by atoms with Crippen LogP contribution in [0.5, 0.6) is 0 Å². The van der Waals surface area contributed by atoms with Gasteiger partial charge in [0.25, 0.3) is 0 Å². The van der Waals surface area contributed by atoms with E-state index in [0.717, 1.165) is 17.1 Å². The third-order valence-electron chi connectivity index (χ3n) is 4.00. The van der Waals surface area contributed by atoms with E-state index in [1.54, 1.807) is 0 Å². The minimum Gasteiger partial charge on any atom is -0.322 e. The summed E-state index contributed by atoms with van der Waals surface area (Å²) >= 11 is 0. The fraction of sp³-hybridized carbons (Fsp3) is 0.375. The first kappa shape index (κ1) is 16.5. The van der Waals surface area contributed by atoms with Crippen molar-refractivity contribution in [1.82, 2.24) is 14.7 Å². The summed E-state index contributed by atoms with van der Waals surface area (Å²) in [7, 11) is -2.99. The molecule has 0 spiro atoms. The van der Waals surface area contributed by atoms with Crippen LogP contribution in [0.4, 0.5) is 10.5 Å². The number of hydrogen-bond acceptors (Lipinski definition) is 4.